The number of nitrogens with zero attached hydrogens (tertiary/aromatic N) is 1. The summed E-state index contributed by atoms with van der Waals surface area (Å²) >= 11 is 12.1. The van der Waals surface area contributed by atoms with Crippen LogP contribution in [0.4, 0.5) is 10.1 Å². The average molecular weight is 468 g/mol. The summed E-state index contributed by atoms with van der Waals surface area (Å²) in [6.45, 7) is 5.17. The van der Waals surface area contributed by atoms with Crippen LogP contribution in [0.1, 0.15) is 39.2 Å². The van der Waals surface area contributed by atoms with Crippen molar-refractivity contribution in [2.45, 2.75) is 45.6 Å². The highest BCUT2D eigenvalue weighted by atomic mass is 35.5. The molecule has 0 saturated heterocycles. The number of carbonyl (C=O) groups is 3. The normalized spacial score (nSPS) is 11.2. The van der Waals surface area contributed by atoms with Crippen LogP contribution in [0.5, 0.6) is 0 Å². The number of benzene rings is 2. The van der Waals surface area contributed by atoms with Crippen LogP contribution in [-0.4, -0.2) is 29.8 Å². The molecule has 0 atom stereocenters. The number of halogens is 3. The third-order valence-electron chi connectivity index (χ3n) is 4.21. The molecule has 0 aliphatic rings. The van der Waals surface area contributed by atoms with E-state index >= 15 is 0 Å². The number of rotatable bonds is 8. The van der Waals surface area contributed by atoms with E-state index in [9.17, 15) is 18.8 Å². The van der Waals surface area contributed by atoms with E-state index in [4.69, 9.17) is 27.9 Å². The van der Waals surface area contributed by atoms with Gasteiger partial charge < -0.3 is 9.64 Å². The van der Waals surface area contributed by atoms with E-state index in [1.54, 1.807) is 45.0 Å². The first-order valence-electron chi connectivity index (χ1n) is 9.72. The Morgan fingerprint density at radius 3 is 2.23 bits per heavy atom. The predicted octanol–water partition coefficient (Wildman–Crippen LogP) is 5.40. The number of anilines is 1. The molecule has 1 amide bonds. The van der Waals surface area contributed by atoms with Crippen molar-refractivity contribution in [2.75, 3.05) is 11.4 Å². The molecule has 0 spiro atoms. The van der Waals surface area contributed by atoms with Crippen molar-refractivity contribution >= 4 is 46.5 Å². The van der Waals surface area contributed by atoms with Gasteiger partial charge in [-0.15, -0.1) is 0 Å². The fraction of sp³-hybridized carbons (Fsp3) is 0.348. The molecule has 0 aliphatic carbocycles. The van der Waals surface area contributed by atoms with Crippen molar-refractivity contribution in [2.24, 2.45) is 0 Å². The Hall–Kier alpha value is -2.44. The van der Waals surface area contributed by atoms with E-state index in [-0.39, 0.29) is 17.4 Å². The lowest BCUT2D eigenvalue weighted by Gasteiger charge is -2.24. The van der Waals surface area contributed by atoms with Crippen LogP contribution in [0.15, 0.2) is 42.5 Å². The van der Waals surface area contributed by atoms with Crippen molar-refractivity contribution in [3.05, 3.63) is 63.9 Å². The minimum atomic E-state index is -1.05. The zero-order valence-corrected chi connectivity index (χ0v) is 19.1. The quantitative estimate of drug-likeness (QED) is 0.296. The second-order valence-electron chi connectivity index (χ2n) is 7.98. The van der Waals surface area contributed by atoms with Gasteiger partial charge in [0.1, 0.15) is 11.4 Å². The summed E-state index contributed by atoms with van der Waals surface area (Å²) in [6, 6.07) is 10.8. The fourth-order valence-corrected chi connectivity index (χ4v) is 3.08. The van der Waals surface area contributed by atoms with Crippen LogP contribution in [0.25, 0.3) is 0 Å². The topological polar surface area (TPSA) is 63.7 Å². The fourth-order valence-electron chi connectivity index (χ4n) is 2.78. The number of aryl methyl sites for hydroxylation is 1. The van der Waals surface area contributed by atoms with Gasteiger partial charge in [0.15, 0.2) is 0 Å². The predicted molar refractivity (Wildman–Crippen MR) is 119 cm³/mol. The summed E-state index contributed by atoms with van der Waals surface area (Å²) < 4.78 is 18.1. The molecular formula is C23H24Cl2FNO4. The van der Waals surface area contributed by atoms with Crippen molar-refractivity contribution in [1.82, 2.24) is 0 Å². The molecule has 0 N–H and O–H groups in total. The lowest BCUT2D eigenvalue weighted by Crippen LogP contribution is -2.36. The molecule has 0 saturated carbocycles. The van der Waals surface area contributed by atoms with Crippen molar-refractivity contribution < 1.29 is 23.5 Å². The molecule has 2 rings (SSSR count). The third kappa shape index (κ3) is 7.96. The number of hydrogen-bond acceptors (Lipinski definition) is 4. The van der Waals surface area contributed by atoms with Gasteiger partial charge >= 0.3 is 5.97 Å². The number of hydrogen-bond donors (Lipinski definition) is 0. The highest BCUT2D eigenvalue weighted by Crippen LogP contribution is 2.28. The Morgan fingerprint density at radius 1 is 1.00 bits per heavy atom. The van der Waals surface area contributed by atoms with Crippen LogP contribution < -0.4 is 4.90 Å². The Kier molecular flexibility index (Phi) is 8.60. The molecule has 166 valence electrons. The zero-order chi connectivity index (χ0) is 23.2. The van der Waals surface area contributed by atoms with Gasteiger partial charge in [-0.1, -0.05) is 35.3 Å². The maximum absolute atomic E-state index is 13.1. The largest absolute Gasteiger partial charge is 0.454 e. The number of esters is 1. The SMILES string of the molecule is CC(C)(C)OC(=O)C(=O)CC(=O)N(CCCc1ccc(F)cc1)c1ccc(Cl)c(Cl)c1. The van der Waals surface area contributed by atoms with Gasteiger partial charge in [-0.05, 0) is 69.5 Å². The van der Waals surface area contributed by atoms with Crippen LogP contribution in [0.2, 0.25) is 10.0 Å². The first kappa shape index (κ1) is 24.8. The lowest BCUT2D eigenvalue weighted by atomic mass is 10.1. The van der Waals surface area contributed by atoms with Gasteiger partial charge in [-0.2, -0.15) is 0 Å². The summed E-state index contributed by atoms with van der Waals surface area (Å²) in [5.74, 6) is -2.87. The standard InChI is InChI=1S/C23H24Cl2FNO4/c1-23(2,3)31-22(30)20(28)14-21(29)27(17-10-11-18(24)19(25)13-17)12-4-5-15-6-8-16(26)9-7-15/h6-11,13H,4-5,12,14H2,1-3H3. The van der Waals surface area contributed by atoms with Crippen LogP contribution in [0.3, 0.4) is 0 Å². The second-order valence-corrected chi connectivity index (χ2v) is 8.79. The van der Waals surface area contributed by atoms with Crippen LogP contribution in [-0.2, 0) is 25.5 Å². The van der Waals surface area contributed by atoms with Crippen LogP contribution >= 0.6 is 23.2 Å². The Bertz CT molecular complexity index is 955. The minimum Gasteiger partial charge on any atom is -0.454 e. The minimum absolute atomic E-state index is 0.258. The molecule has 0 bridgehead atoms. The third-order valence-corrected chi connectivity index (χ3v) is 4.95. The van der Waals surface area contributed by atoms with E-state index in [2.05, 4.69) is 0 Å². The molecule has 31 heavy (non-hydrogen) atoms. The maximum atomic E-state index is 13.1. The van der Waals surface area contributed by atoms with Crippen molar-refractivity contribution in [1.29, 1.82) is 0 Å². The molecule has 0 fully saturated rings. The van der Waals surface area contributed by atoms with E-state index in [1.807, 2.05) is 0 Å². The van der Waals surface area contributed by atoms with Crippen molar-refractivity contribution in [3.8, 4) is 0 Å². The van der Waals surface area contributed by atoms with Gasteiger partial charge in [0.05, 0.1) is 16.5 Å². The number of ether oxygens (including phenoxy) is 1. The second kappa shape index (κ2) is 10.7. The van der Waals surface area contributed by atoms with Gasteiger partial charge in [0.25, 0.3) is 0 Å². The first-order valence-corrected chi connectivity index (χ1v) is 10.5. The highest BCUT2D eigenvalue weighted by Gasteiger charge is 2.27. The molecule has 2 aromatic carbocycles. The number of Topliss-reactive ketones (excluding diaryl/α,β-unsaturated/α-hetero) is 1. The Labute approximate surface area is 191 Å². The van der Waals surface area contributed by atoms with Crippen LogP contribution in [0, 0.1) is 5.82 Å². The van der Waals surface area contributed by atoms with Gasteiger partial charge in [-0.3, -0.25) is 9.59 Å². The molecule has 0 heterocycles. The van der Waals surface area contributed by atoms with Gasteiger partial charge in [0.2, 0.25) is 11.7 Å². The summed E-state index contributed by atoms with van der Waals surface area (Å²) in [6.07, 6.45) is 0.495. The Balaban J connectivity index is 2.13. The Morgan fingerprint density at radius 2 is 1.65 bits per heavy atom. The molecule has 0 unspecified atom stereocenters. The van der Waals surface area contributed by atoms with Gasteiger partial charge in [0, 0.05) is 12.2 Å². The lowest BCUT2D eigenvalue weighted by molar-refractivity contribution is -0.163. The molecule has 0 radical (unpaired) electrons. The number of ketones is 1. The summed E-state index contributed by atoms with van der Waals surface area (Å²) in [5, 5.41) is 0.586. The van der Waals surface area contributed by atoms with E-state index in [1.165, 1.54) is 23.1 Å². The first-order chi connectivity index (χ1) is 14.5. The van der Waals surface area contributed by atoms with Gasteiger partial charge in [-0.25, -0.2) is 9.18 Å². The maximum Gasteiger partial charge on any atom is 0.375 e. The molecule has 2 aromatic rings. The van der Waals surface area contributed by atoms with E-state index in [0.717, 1.165) is 5.56 Å². The highest BCUT2D eigenvalue weighted by molar-refractivity contribution is 6.42. The monoisotopic (exact) mass is 467 g/mol. The van der Waals surface area contributed by atoms with E-state index < -0.39 is 29.7 Å². The smallest absolute Gasteiger partial charge is 0.375 e. The summed E-state index contributed by atoms with van der Waals surface area (Å²) in [7, 11) is 0. The molecule has 8 heteroatoms. The number of carbonyl (C=O) groups excluding carboxylic acids is 3. The van der Waals surface area contributed by atoms with Crippen molar-refractivity contribution in [3.63, 3.8) is 0 Å². The summed E-state index contributed by atoms with van der Waals surface area (Å²) in [5.41, 5.74) is 0.525. The average Bonchev–Trinajstić information content (AvgIpc) is 2.67. The summed E-state index contributed by atoms with van der Waals surface area (Å²) in [4.78, 5) is 38.4. The molecule has 5 nitrogen and oxygen atoms in total. The molecule has 0 aromatic heterocycles. The van der Waals surface area contributed by atoms with E-state index in [0.29, 0.717) is 23.6 Å². The number of amides is 1. The zero-order valence-electron chi connectivity index (χ0n) is 17.6. The molecular weight excluding hydrogens is 444 g/mol. The molecule has 0 aliphatic heterocycles.